The molecule has 0 bridgehead atoms. The summed E-state index contributed by atoms with van der Waals surface area (Å²) < 4.78 is 18.5. The van der Waals surface area contributed by atoms with E-state index < -0.39 is 0 Å². The van der Waals surface area contributed by atoms with E-state index in [9.17, 15) is 9.18 Å². The Kier molecular flexibility index (Phi) is 5.55. The zero-order valence-electron chi connectivity index (χ0n) is 15.2. The fraction of sp³-hybridized carbons (Fsp3) is 0.190. The van der Waals surface area contributed by atoms with Gasteiger partial charge in [0.1, 0.15) is 5.82 Å². The van der Waals surface area contributed by atoms with Gasteiger partial charge in [0.15, 0.2) is 0 Å². The van der Waals surface area contributed by atoms with Crippen molar-refractivity contribution in [1.29, 1.82) is 0 Å². The van der Waals surface area contributed by atoms with Crippen molar-refractivity contribution in [1.82, 2.24) is 5.43 Å². The molecule has 4 rings (SSSR count). The van der Waals surface area contributed by atoms with Crippen LogP contribution in [0.25, 0.3) is 11.1 Å². The molecule has 0 unspecified atom stereocenters. The molecule has 0 aliphatic carbocycles. The van der Waals surface area contributed by atoms with Crippen molar-refractivity contribution in [2.75, 3.05) is 36.6 Å². The van der Waals surface area contributed by atoms with E-state index in [1.807, 2.05) is 36.4 Å². The molecule has 0 radical (unpaired) electrons. The SMILES string of the molecule is O=C(NNc1ccc(F)cc1)c1cc(-c2ccccc2)c(N2CCOCC2)s1. The first-order chi connectivity index (χ1) is 13.7. The summed E-state index contributed by atoms with van der Waals surface area (Å²) in [5.41, 5.74) is 8.24. The van der Waals surface area contributed by atoms with Gasteiger partial charge in [0, 0.05) is 18.7 Å². The summed E-state index contributed by atoms with van der Waals surface area (Å²) in [7, 11) is 0. The van der Waals surface area contributed by atoms with E-state index in [0.29, 0.717) is 23.8 Å². The molecule has 144 valence electrons. The normalized spacial score (nSPS) is 14.0. The van der Waals surface area contributed by atoms with Crippen LogP contribution >= 0.6 is 11.3 Å². The second-order valence-electron chi connectivity index (χ2n) is 6.38. The van der Waals surface area contributed by atoms with Gasteiger partial charge in [-0.05, 0) is 35.9 Å². The molecule has 1 amide bonds. The molecule has 1 aromatic heterocycles. The van der Waals surface area contributed by atoms with Gasteiger partial charge in [-0.25, -0.2) is 4.39 Å². The molecule has 1 saturated heterocycles. The Morgan fingerprint density at radius 1 is 1.04 bits per heavy atom. The number of hydrogen-bond donors (Lipinski definition) is 2. The highest BCUT2D eigenvalue weighted by atomic mass is 32.1. The minimum Gasteiger partial charge on any atom is -0.378 e. The van der Waals surface area contributed by atoms with Crippen LogP contribution in [-0.4, -0.2) is 32.2 Å². The van der Waals surface area contributed by atoms with Crippen molar-refractivity contribution < 1.29 is 13.9 Å². The third kappa shape index (κ3) is 4.16. The summed E-state index contributed by atoms with van der Waals surface area (Å²) in [6.07, 6.45) is 0. The Hall–Kier alpha value is -2.90. The number of rotatable bonds is 5. The number of nitrogens with one attached hydrogen (secondary N) is 2. The summed E-state index contributed by atoms with van der Waals surface area (Å²) >= 11 is 1.46. The lowest BCUT2D eigenvalue weighted by Crippen LogP contribution is -2.35. The second kappa shape index (κ2) is 8.41. The topological polar surface area (TPSA) is 53.6 Å². The maximum absolute atomic E-state index is 13.0. The Bertz CT molecular complexity index is 938. The Morgan fingerprint density at radius 3 is 2.46 bits per heavy atom. The molecule has 2 aromatic carbocycles. The third-order valence-corrected chi connectivity index (χ3v) is 5.68. The van der Waals surface area contributed by atoms with E-state index in [1.54, 1.807) is 12.1 Å². The lowest BCUT2D eigenvalue weighted by atomic mass is 10.1. The quantitative estimate of drug-likeness (QED) is 0.635. The maximum Gasteiger partial charge on any atom is 0.279 e. The van der Waals surface area contributed by atoms with E-state index in [1.165, 1.54) is 23.5 Å². The van der Waals surface area contributed by atoms with Gasteiger partial charge in [-0.15, -0.1) is 11.3 Å². The first-order valence-electron chi connectivity index (χ1n) is 9.04. The zero-order valence-corrected chi connectivity index (χ0v) is 16.0. The van der Waals surface area contributed by atoms with Gasteiger partial charge < -0.3 is 9.64 Å². The molecule has 2 N–H and O–H groups in total. The van der Waals surface area contributed by atoms with E-state index in [0.717, 1.165) is 29.2 Å². The number of nitrogens with zero attached hydrogens (tertiary/aromatic N) is 1. The monoisotopic (exact) mass is 397 g/mol. The number of morpholine rings is 1. The van der Waals surface area contributed by atoms with E-state index in [2.05, 4.69) is 15.8 Å². The zero-order chi connectivity index (χ0) is 19.3. The number of benzene rings is 2. The fourth-order valence-electron chi connectivity index (χ4n) is 3.04. The number of ether oxygens (including phenoxy) is 1. The molecule has 5 nitrogen and oxygen atoms in total. The van der Waals surface area contributed by atoms with Gasteiger partial charge in [-0.3, -0.25) is 15.6 Å². The van der Waals surface area contributed by atoms with Crippen molar-refractivity contribution >= 4 is 27.9 Å². The van der Waals surface area contributed by atoms with Crippen LogP contribution in [0.1, 0.15) is 9.67 Å². The van der Waals surface area contributed by atoms with Crippen LogP contribution < -0.4 is 15.8 Å². The molecule has 0 saturated carbocycles. The molecule has 28 heavy (non-hydrogen) atoms. The lowest BCUT2D eigenvalue weighted by Gasteiger charge is -2.28. The summed E-state index contributed by atoms with van der Waals surface area (Å²) in [5.74, 6) is -0.552. The van der Waals surface area contributed by atoms with Crippen LogP contribution in [0.4, 0.5) is 15.1 Å². The van der Waals surface area contributed by atoms with Crippen molar-refractivity contribution in [3.63, 3.8) is 0 Å². The van der Waals surface area contributed by atoms with Crippen molar-refractivity contribution in [2.45, 2.75) is 0 Å². The molecule has 0 atom stereocenters. The molecule has 3 aromatic rings. The number of hydrazine groups is 1. The summed E-state index contributed by atoms with van der Waals surface area (Å²) in [4.78, 5) is 15.6. The van der Waals surface area contributed by atoms with Crippen LogP contribution in [0.5, 0.6) is 0 Å². The molecule has 1 aliphatic heterocycles. The fourth-order valence-corrected chi connectivity index (χ4v) is 4.17. The molecule has 7 heteroatoms. The molecule has 1 aliphatic rings. The van der Waals surface area contributed by atoms with Gasteiger partial charge in [-0.1, -0.05) is 30.3 Å². The van der Waals surface area contributed by atoms with E-state index in [-0.39, 0.29) is 11.7 Å². The van der Waals surface area contributed by atoms with Gasteiger partial charge in [-0.2, -0.15) is 0 Å². The van der Waals surface area contributed by atoms with Crippen molar-refractivity contribution in [3.8, 4) is 11.1 Å². The smallest absolute Gasteiger partial charge is 0.279 e. The van der Waals surface area contributed by atoms with Gasteiger partial charge in [0.2, 0.25) is 0 Å². The number of carbonyl (C=O) groups excluding carboxylic acids is 1. The number of thiophene rings is 1. The average molecular weight is 397 g/mol. The molecule has 0 spiro atoms. The highest BCUT2D eigenvalue weighted by Crippen LogP contribution is 2.39. The van der Waals surface area contributed by atoms with Crippen LogP contribution in [-0.2, 0) is 4.74 Å². The van der Waals surface area contributed by atoms with E-state index >= 15 is 0 Å². The van der Waals surface area contributed by atoms with Gasteiger partial charge in [0.25, 0.3) is 5.91 Å². The molecular formula is C21H20FN3O2S. The largest absolute Gasteiger partial charge is 0.378 e. The highest BCUT2D eigenvalue weighted by molar-refractivity contribution is 7.18. The first-order valence-corrected chi connectivity index (χ1v) is 9.86. The summed E-state index contributed by atoms with van der Waals surface area (Å²) in [6.45, 7) is 2.96. The van der Waals surface area contributed by atoms with Crippen LogP contribution in [0.3, 0.4) is 0 Å². The standard InChI is InChI=1S/C21H20FN3O2S/c22-16-6-8-17(9-7-16)23-24-20(26)19-14-18(15-4-2-1-3-5-15)21(28-19)25-10-12-27-13-11-25/h1-9,14,23H,10-13H2,(H,24,26). The molecule has 2 heterocycles. The third-order valence-electron chi connectivity index (χ3n) is 4.48. The minimum atomic E-state index is -0.321. The predicted octanol–water partition coefficient (Wildman–Crippen LogP) is 4.15. The van der Waals surface area contributed by atoms with E-state index in [4.69, 9.17) is 4.74 Å². The number of hydrogen-bond acceptors (Lipinski definition) is 5. The second-order valence-corrected chi connectivity index (χ2v) is 7.41. The highest BCUT2D eigenvalue weighted by Gasteiger charge is 2.21. The Morgan fingerprint density at radius 2 is 1.75 bits per heavy atom. The number of anilines is 2. The lowest BCUT2D eigenvalue weighted by molar-refractivity contribution is 0.0966. The summed E-state index contributed by atoms with van der Waals surface area (Å²) in [6, 6.07) is 17.8. The average Bonchev–Trinajstić information content (AvgIpc) is 3.20. The van der Waals surface area contributed by atoms with Gasteiger partial charge >= 0.3 is 0 Å². The van der Waals surface area contributed by atoms with Gasteiger partial charge in [0.05, 0.1) is 28.8 Å². The molecular weight excluding hydrogens is 377 g/mol. The van der Waals surface area contributed by atoms with Crippen LogP contribution in [0.15, 0.2) is 60.7 Å². The van der Waals surface area contributed by atoms with Crippen LogP contribution in [0, 0.1) is 5.82 Å². The van der Waals surface area contributed by atoms with Crippen molar-refractivity contribution in [2.24, 2.45) is 0 Å². The Balaban J connectivity index is 1.57. The minimum absolute atomic E-state index is 0.231. The molecule has 1 fully saturated rings. The van der Waals surface area contributed by atoms with Crippen molar-refractivity contribution in [3.05, 3.63) is 71.4 Å². The Labute approximate surface area is 166 Å². The summed E-state index contributed by atoms with van der Waals surface area (Å²) in [5, 5.41) is 1.07. The maximum atomic E-state index is 13.0. The number of amides is 1. The van der Waals surface area contributed by atoms with Crippen LogP contribution in [0.2, 0.25) is 0 Å². The predicted molar refractivity (Wildman–Crippen MR) is 110 cm³/mol. The number of carbonyl (C=O) groups is 1. The first kappa shape index (κ1) is 18.5. The number of halogens is 1.